The number of carbonyl (C=O) groups is 1. The van der Waals surface area contributed by atoms with Crippen molar-refractivity contribution in [3.63, 3.8) is 0 Å². The van der Waals surface area contributed by atoms with Gasteiger partial charge in [-0.15, -0.1) is 0 Å². The molecule has 2 aliphatic rings. The predicted molar refractivity (Wildman–Crippen MR) is 70.8 cm³/mol. The maximum atomic E-state index is 12.5. The Kier molecular flexibility index (Phi) is 3.25. The van der Waals surface area contributed by atoms with E-state index in [0.717, 1.165) is 19.0 Å². The number of pyridine rings is 1. The van der Waals surface area contributed by atoms with E-state index < -0.39 is 16.0 Å². The second-order valence-electron chi connectivity index (χ2n) is 5.46. The summed E-state index contributed by atoms with van der Waals surface area (Å²) in [4.78, 5) is 14.6. The highest BCUT2D eigenvalue weighted by Gasteiger charge is 2.41. The van der Waals surface area contributed by atoms with E-state index in [-0.39, 0.29) is 10.6 Å². The van der Waals surface area contributed by atoms with Gasteiger partial charge in [-0.25, -0.2) is 18.2 Å². The van der Waals surface area contributed by atoms with Crippen LogP contribution in [-0.4, -0.2) is 41.9 Å². The normalized spacial score (nSPS) is 26.6. The van der Waals surface area contributed by atoms with Crippen LogP contribution in [0.15, 0.2) is 23.4 Å². The quantitative estimate of drug-likeness (QED) is 0.905. The zero-order valence-corrected chi connectivity index (χ0v) is 11.7. The van der Waals surface area contributed by atoms with Gasteiger partial charge in [0.25, 0.3) is 10.0 Å². The van der Waals surface area contributed by atoms with Crippen molar-refractivity contribution in [2.45, 2.75) is 24.3 Å². The Hall–Kier alpha value is -1.47. The van der Waals surface area contributed by atoms with Gasteiger partial charge in [-0.1, -0.05) is 6.42 Å². The molecule has 1 aromatic heterocycles. The van der Waals surface area contributed by atoms with Crippen LogP contribution in [0.5, 0.6) is 0 Å². The van der Waals surface area contributed by atoms with Crippen LogP contribution in [0.3, 0.4) is 0 Å². The number of carboxylic acid groups (broad SMARTS) is 1. The van der Waals surface area contributed by atoms with Crippen molar-refractivity contribution in [2.75, 3.05) is 13.1 Å². The molecule has 0 radical (unpaired) electrons. The van der Waals surface area contributed by atoms with Crippen LogP contribution in [0.4, 0.5) is 0 Å². The number of hydrogen-bond acceptors (Lipinski definition) is 4. The fraction of sp³-hybridized carbons (Fsp3) is 0.538. The standard InChI is InChI=1S/C13H16N2O4S/c16-13(17)9-4-5-12(14-6-9)20(18,19)15-7-10-2-1-3-11(10)8-15/h4-6,10-11H,1-3,7-8H2,(H,16,17). The van der Waals surface area contributed by atoms with E-state index >= 15 is 0 Å². The van der Waals surface area contributed by atoms with Crippen LogP contribution in [0.1, 0.15) is 29.6 Å². The van der Waals surface area contributed by atoms with Gasteiger partial charge in [0.2, 0.25) is 0 Å². The van der Waals surface area contributed by atoms with E-state index in [1.807, 2.05) is 0 Å². The molecular formula is C13H16N2O4S. The monoisotopic (exact) mass is 296 g/mol. The maximum Gasteiger partial charge on any atom is 0.337 e. The summed E-state index contributed by atoms with van der Waals surface area (Å²) in [5.74, 6) is -0.164. The summed E-state index contributed by atoms with van der Waals surface area (Å²) >= 11 is 0. The number of carboxylic acids is 1. The van der Waals surface area contributed by atoms with Gasteiger partial charge in [-0.05, 0) is 36.8 Å². The van der Waals surface area contributed by atoms with Gasteiger partial charge >= 0.3 is 5.97 Å². The van der Waals surface area contributed by atoms with Gasteiger partial charge < -0.3 is 5.11 Å². The molecule has 0 aromatic carbocycles. The lowest BCUT2D eigenvalue weighted by molar-refractivity contribution is 0.0696. The molecule has 1 saturated carbocycles. The first-order valence-corrected chi connectivity index (χ1v) is 8.12. The summed E-state index contributed by atoms with van der Waals surface area (Å²) in [6.45, 7) is 1.13. The van der Waals surface area contributed by atoms with Crippen LogP contribution in [0.25, 0.3) is 0 Å². The van der Waals surface area contributed by atoms with Crippen molar-refractivity contribution >= 4 is 16.0 Å². The number of nitrogens with zero attached hydrogens (tertiary/aromatic N) is 2. The van der Waals surface area contributed by atoms with Gasteiger partial charge in [0, 0.05) is 19.3 Å². The Morgan fingerprint density at radius 2 is 1.90 bits per heavy atom. The largest absolute Gasteiger partial charge is 0.478 e. The third kappa shape index (κ3) is 2.20. The Morgan fingerprint density at radius 1 is 1.25 bits per heavy atom. The van der Waals surface area contributed by atoms with E-state index in [0.29, 0.717) is 24.9 Å². The van der Waals surface area contributed by atoms with Crippen molar-refractivity contribution in [1.29, 1.82) is 0 Å². The Labute approximate surface area is 117 Å². The molecule has 7 heteroatoms. The van der Waals surface area contributed by atoms with Crippen LogP contribution in [-0.2, 0) is 10.0 Å². The lowest BCUT2D eigenvalue weighted by atomic mass is 10.0. The first-order valence-electron chi connectivity index (χ1n) is 6.68. The Balaban J connectivity index is 1.83. The smallest absolute Gasteiger partial charge is 0.337 e. The fourth-order valence-electron chi connectivity index (χ4n) is 3.18. The average molecular weight is 296 g/mol. The molecule has 1 N–H and O–H groups in total. The summed E-state index contributed by atoms with van der Waals surface area (Å²) < 4.78 is 26.4. The summed E-state index contributed by atoms with van der Waals surface area (Å²) in [6, 6.07) is 2.55. The molecule has 1 aliphatic heterocycles. The maximum absolute atomic E-state index is 12.5. The summed E-state index contributed by atoms with van der Waals surface area (Å²) in [5, 5.41) is 8.73. The molecule has 6 nitrogen and oxygen atoms in total. The molecular weight excluding hydrogens is 280 g/mol. The highest BCUT2D eigenvalue weighted by Crippen LogP contribution is 2.39. The molecule has 0 bridgehead atoms. The van der Waals surface area contributed by atoms with Crippen LogP contribution >= 0.6 is 0 Å². The second-order valence-corrected chi connectivity index (χ2v) is 7.35. The zero-order chi connectivity index (χ0) is 14.3. The van der Waals surface area contributed by atoms with E-state index in [1.165, 1.54) is 22.9 Å². The van der Waals surface area contributed by atoms with Gasteiger partial charge in [0.1, 0.15) is 0 Å². The molecule has 0 amide bonds. The van der Waals surface area contributed by atoms with E-state index in [1.54, 1.807) is 0 Å². The SMILES string of the molecule is O=C(O)c1ccc(S(=O)(=O)N2CC3CCCC3C2)nc1. The van der Waals surface area contributed by atoms with Crippen LogP contribution in [0.2, 0.25) is 0 Å². The topological polar surface area (TPSA) is 87.6 Å². The van der Waals surface area contributed by atoms with E-state index in [2.05, 4.69) is 4.98 Å². The minimum atomic E-state index is -3.59. The highest BCUT2D eigenvalue weighted by atomic mass is 32.2. The van der Waals surface area contributed by atoms with Gasteiger partial charge in [-0.3, -0.25) is 0 Å². The molecule has 2 unspecified atom stereocenters. The Morgan fingerprint density at radius 3 is 2.40 bits per heavy atom. The highest BCUT2D eigenvalue weighted by molar-refractivity contribution is 7.89. The third-order valence-corrected chi connectivity index (χ3v) is 6.03. The molecule has 1 aliphatic carbocycles. The molecule has 2 fully saturated rings. The van der Waals surface area contributed by atoms with Crippen molar-refractivity contribution in [1.82, 2.24) is 9.29 Å². The summed E-state index contributed by atoms with van der Waals surface area (Å²) in [5.41, 5.74) is -0.0118. The van der Waals surface area contributed by atoms with E-state index in [9.17, 15) is 13.2 Å². The molecule has 20 heavy (non-hydrogen) atoms. The first kappa shape index (κ1) is 13.5. The number of sulfonamides is 1. The van der Waals surface area contributed by atoms with Crippen molar-refractivity contribution in [2.24, 2.45) is 11.8 Å². The number of aromatic carboxylic acids is 1. The molecule has 3 rings (SSSR count). The molecule has 108 valence electrons. The average Bonchev–Trinajstić information content (AvgIpc) is 2.99. The second kappa shape index (κ2) is 4.82. The molecule has 2 heterocycles. The van der Waals surface area contributed by atoms with E-state index in [4.69, 9.17) is 5.11 Å². The van der Waals surface area contributed by atoms with Crippen LogP contribution in [0, 0.1) is 11.8 Å². The number of fused-ring (bicyclic) bond motifs is 1. The minimum Gasteiger partial charge on any atom is -0.478 e. The fourth-order valence-corrected chi connectivity index (χ4v) is 4.65. The number of aromatic nitrogens is 1. The van der Waals surface area contributed by atoms with Crippen molar-refractivity contribution in [3.05, 3.63) is 23.9 Å². The zero-order valence-electron chi connectivity index (χ0n) is 10.9. The molecule has 0 spiro atoms. The van der Waals surface area contributed by atoms with Gasteiger partial charge in [-0.2, -0.15) is 4.31 Å². The van der Waals surface area contributed by atoms with Gasteiger partial charge in [0.05, 0.1) is 5.56 Å². The number of hydrogen-bond donors (Lipinski definition) is 1. The summed E-state index contributed by atoms with van der Waals surface area (Å²) in [7, 11) is -3.59. The minimum absolute atomic E-state index is 0.0118. The summed E-state index contributed by atoms with van der Waals surface area (Å²) in [6.07, 6.45) is 4.48. The number of rotatable bonds is 3. The molecule has 1 saturated heterocycles. The van der Waals surface area contributed by atoms with Crippen molar-refractivity contribution < 1.29 is 18.3 Å². The van der Waals surface area contributed by atoms with Crippen molar-refractivity contribution in [3.8, 4) is 0 Å². The lowest BCUT2D eigenvalue weighted by Gasteiger charge is -2.16. The Bertz CT molecular complexity index is 614. The first-order chi connectivity index (χ1) is 9.48. The lowest BCUT2D eigenvalue weighted by Crippen LogP contribution is -2.30. The third-order valence-electron chi connectivity index (χ3n) is 4.28. The van der Waals surface area contributed by atoms with Gasteiger partial charge in [0.15, 0.2) is 5.03 Å². The predicted octanol–water partition coefficient (Wildman–Crippen LogP) is 1.20. The van der Waals surface area contributed by atoms with Crippen LogP contribution < -0.4 is 0 Å². The molecule has 2 atom stereocenters. The molecule has 1 aromatic rings.